The highest BCUT2D eigenvalue weighted by Crippen LogP contribution is 2.29. The second-order valence-electron chi connectivity index (χ2n) is 5.31. The molecule has 0 saturated carbocycles. The average Bonchev–Trinajstić information content (AvgIpc) is 2.82. The zero-order valence-electron chi connectivity index (χ0n) is 11.8. The quantitative estimate of drug-likeness (QED) is 0.809. The van der Waals surface area contributed by atoms with Crippen LogP contribution in [-0.4, -0.2) is 21.9 Å². The van der Waals surface area contributed by atoms with Crippen LogP contribution in [-0.2, 0) is 6.54 Å². The molecule has 1 unspecified atom stereocenters. The molecule has 1 aromatic heterocycles. The van der Waals surface area contributed by atoms with E-state index in [2.05, 4.69) is 30.5 Å². The summed E-state index contributed by atoms with van der Waals surface area (Å²) in [5.41, 5.74) is 9.50. The number of aryl methyl sites for hydroxylation is 1. The predicted molar refractivity (Wildman–Crippen MR) is 79.5 cm³/mol. The van der Waals surface area contributed by atoms with E-state index >= 15 is 0 Å². The summed E-state index contributed by atoms with van der Waals surface area (Å²) in [7, 11) is 0. The highest BCUT2D eigenvalue weighted by atomic mass is 16.2. The largest absolute Gasteiger partial charge is 0.398 e. The lowest BCUT2D eigenvalue weighted by molar-refractivity contribution is 0.0644. The molecular weight excluding hydrogens is 250 g/mol. The molecule has 1 aliphatic heterocycles. The zero-order valence-corrected chi connectivity index (χ0v) is 11.8. The lowest BCUT2D eigenvalue weighted by atomic mass is 10.1. The van der Waals surface area contributed by atoms with Crippen molar-refractivity contribution in [2.45, 2.75) is 26.4 Å². The van der Waals surface area contributed by atoms with Crippen molar-refractivity contribution < 1.29 is 4.79 Å². The maximum atomic E-state index is 12.7. The van der Waals surface area contributed by atoms with Crippen LogP contribution in [0.1, 0.15) is 34.7 Å². The van der Waals surface area contributed by atoms with Crippen molar-refractivity contribution in [2.24, 2.45) is 0 Å². The van der Waals surface area contributed by atoms with Gasteiger partial charge in [-0.15, -0.1) is 0 Å². The first kappa shape index (κ1) is 12.8. The topological polar surface area (TPSA) is 51.3 Å². The average molecular weight is 269 g/mol. The minimum absolute atomic E-state index is 0.0145. The van der Waals surface area contributed by atoms with Crippen LogP contribution in [0.15, 0.2) is 36.4 Å². The maximum Gasteiger partial charge on any atom is 0.256 e. The van der Waals surface area contributed by atoms with E-state index < -0.39 is 0 Å². The first-order valence-corrected chi connectivity index (χ1v) is 6.91. The lowest BCUT2D eigenvalue weighted by Crippen LogP contribution is -2.41. The van der Waals surface area contributed by atoms with E-state index in [9.17, 15) is 4.79 Å². The van der Waals surface area contributed by atoms with Crippen molar-refractivity contribution in [3.8, 4) is 0 Å². The number of carbonyl (C=O) groups is 1. The zero-order chi connectivity index (χ0) is 14.3. The van der Waals surface area contributed by atoms with E-state index in [0.717, 1.165) is 13.1 Å². The SMILES string of the molecule is Cc1ccc2n1CCN(C(=O)c1ccccc1N)C2C. The van der Waals surface area contributed by atoms with E-state index in [1.54, 1.807) is 12.1 Å². The molecule has 20 heavy (non-hydrogen) atoms. The number of rotatable bonds is 1. The van der Waals surface area contributed by atoms with Gasteiger partial charge in [0, 0.05) is 30.2 Å². The van der Waals surface area contributed by atoms with Crippen LogP contribution < -0.4 is 5.73 Å². The number of aromatic nitrogens is 1. The number of fused-ring (bicyclic) bond motifs is 1. The minimum Gasteiger partial charge on any atom is -0.398 e. The fourth-order valence-electron chi connectivity index (χ4n) is 2.94. The molecule has 104 valence electrons. The van der Waals surface area contributed by atoms with Gasteiger partial charge in [0.2, 0.25) is 0 Å². The van der Waals surface area contributed by atoms with Gasteiger partial charge in [0.25, 0.3) is 5.91 Å². The van der Waals surface area contributed by atoms with Crippen LogP contribution in [0.5, 0.6) is 0 Å². The molecule has 0 saturated heterocycles. The molecule has 1 aromatic carbocycles. The van der Waals surface area contributed by atoms with Crippen LogP contribution in [0, 0.1) is 6.92 Å². The summed E-state index contributed by atoms with van der Waals surface area (Å²) in [4.78, 5) is 14.6. The number of hydrogen-bond acceptors (Lipinski definition) is 2. The molecule has 3 rings (SSSR count). The van der Waals surface area contributed by atoms with Gasteiger partial charge in [0.1, 0.15) is 0 Å². The summed E-state index contributed by atoms with van der Waals surface area (Å²) in [6, 6.07) is 11.6. The number of nitrogens with two attached hydrogens (primary N) is 1. The third-order valence-electron chi connectivity index (χ3n) is 4.14. The molecule has 2 aromatic rings. The Hall–Kier alpha value is -2.23. The predicted octanol–water partition coefficient (Wildman–Crippen LogP) is 2.60. The second kappa shape index (κ2) is 4.71. The molecule has 4 nitrogen and oxygen atoms in total. The number of hydrogen-bond donors (Lipinski definition) is 1. The number of para-hydroxylation sites is 1. The Morgan fingerprint density at radius 3 is 2.70 bits per heavy atom. The number of nitrogen functional groups attached to an aromatic ring is 1. The number of amides is 1. The van der Waals surface area contributed by atoms with Crippen molar-refractivity contribution in [2.75, 3.05) is 12.3 Å². The van der Waals surface area contributed by atoms with Crippen LogP contribution in [0.4, 0.5) is 5.69 Å². The number of carbonyl (C=O) groups excluding carboxylic acids is 1. The molecule has 0 fully saturated rings. The Labute approximate surface area is 118 Å². The van der Waals surface area contributed by atoms with Crippen LogP contribution in [0.25, 0.3) is 0 Å². The molecular formula is C16H19N3O. The Morgan fingerprint density at radius 1 is 1.20 bits per heavy atom. The number of nitrogens with zero attached hydrogens (tertiary/aromatic N) is 2. The molecule has 0 radical (unpaired) electrons. The molecule has 4 heteroatoms. The first-order valence-electron chi connectivity index (χ1n) is 6.91. The summed E-state index contributed by atoms with van der Waals surface area (Å²) in [6.45, 7) is 5.73. The van der Waals surface area contributed by atoms with Gasteiger partial charge < -0.3 is 15.2 Å². The summed E-state index contributed by atoms with van der Waals surface area (Å²) < 4.78 is 2.28. The molecule has 1 aliphatic rings. The van der Waals surface area contributed by atoms with E-state index in [4.69, 9.17) is 5.73 Å². The van der Waals surface area contributed by atoms with Gasteiger partial charge in [0.15, 0.2) is 0 Å². The fourth-order valence-corrected chi connectivity index (χ4v) is 2.94. The standard InChI is InChI=1S/C16H19N3O/c1-11-7-8-15-12(2)19(10-9-18(11)15)16(20)13-5-3-4-6-14(13)17/h3-8,12H,9-10,17H2,1-2H3. The second-order valence-corrected chi connectivity index (χ2v) is 5.31. The molecule has 0 aliphatic carbocycles. The van der Waals surface area contributed by atoms with Crippen LogP contribution in [0.2, 0.25) is 0 Å². The van der Waals surface area contributed by atoms with E-state index in [1.165, 1.54) is 11.4 Å². The third-order valence-corrected chi connectivity index (χ3v) is 4.14. The van der Waals surface area contributed by atoms with Crippen molar-refractivity contribution in [1.82, 2.24) is 9.47 Å². The molecule has 2 N–H and O–H groups in total. The summed E-state index contributed by atoms with van der Waals surface area (Å²) in [5.74, 6) is 0.0145. The summed E-state index contributed by atoms with van der Waals surface area (Å²) in [6.07, 6.45) is 0. The summed E-state index contributed by atoms with van der Waals surface area (Å²) >= 11 is 0. The van der Waals surface area contributed by atoms with E-state index in [0.29, 0.717) is 11.3 Å². The first-order chi connectivity index (χ1) is 9.59. The molecule has 1 amide bonds. The molecule has 1 atom stereocenters. The number of benzene rings is 1. The van der Waals surface area contributed by atoms with Crippen molar-refractivity contribution in [1.29, 1.82) is 0 Å². The van der Waals surface area contributed by atoms with Gasteiger partial charge in [-0.25, -0.2) is 0 Å². The highest BCUT2D eigenvalue weighted by molar-refractivity contribution is 5.99. The Bertz CT molecular complexity index is 659. The van der Waals surface area contributed by atoms with Crippen molar-refractivity contribution in [3.05, 3.63) is 53.3 Å². The van der Waals surface area contributed by atoms with Gasteiger partial charge >= 0.3 is 0 Å². The lowest BCUT2D eigenvalue weighted by Gasteiger charge is -2.35. The van der Waals surface area contributed by atoms with E-state index in [1.807, 2.05) is 17.0 Å². The van der Waals surface area contributed by atoms with Crippen molar-refractivity contribution in [3.63, 3.8) is 0 Å². The normalized spacial score (nSPS) is 17.9. The van der Waals surface area contributed by atoms with Crippen molar-refractivity contribution >= 4 is 11.6 Å². The Morgan fingerprint density at radius 2 is 1.95 bits per heavy atom. The molecule has 0 bridgehead atoms. The van der Waals surface area contributed by atoms with Crippen LogP contribution >= 0.6 is 0 Å². The van der Waals surface area contributed by atoms with Gasteiger partial charge in [-0.05, 0) is 38.1 Å². The third kappa shape index (κ3) is 1.88. The monoisotopic (exact) mass is 269 g/mol. The minimum atomic E-state index is 0.0145. The van der Waals surface area contributed by atoms with E-state index in [-0.39, 0.29) is 11.9 Å². The smallest absolute Gasteiger partial charge is 0.256 e. The van der Waals surface area contributed by atoms with Gasteiger partial charge in [-0.3, -0.25) is 4.79 Å². The molecule has 0 spiro atoms. The Balaban J connectivity index is 1.93. The fraction of sp³-hybridized carbons (Fsp3) is 0.312. The highest BCUT2D eigenvalue weighted by Gasteiger charge is 2.29. The summed E-state index contributed by atoms with van der Waals surface area (Å²) in [5, 5.41) is 0. The Kier molecular flexibility index (Phi) is 3.01. The maximum absolute atomic E-state index is 12.7. The molecule has 2 heterocycles. The van der Waals surface area contributed by atoms with Gasteiger partial charge in [-0.2, -0.15) is 0 Å². The van der Waals surface area contributed by atoms with Crippen LogP contribution in [0.3, 0.4) is 0 Å². The van der Waals surface area contributed by atoms with Gasteiger partial charge in [-0.1, -0.05) is 12.1 Å². The number of anilines is 1. The van der Waals surface area contributed by atoms with Gasteiger partial charge in [0.05, 0.1) is 11.6 Å².